The Hall–Kier alpha value is -3.30. The second-order valence-corrected chi connectivity index (χ2v) is 4.38. The fraction of sp³-hybridized carbons (Fsp3) is 0.167. The molecule has 10 nitrogen and oxygen atoms in total. The number of aryl methyl sites for hydroxylation is 1. The van der Waals surface area contributed by atoms with Gasteiger partial charge in [-0.15, -0.1) is 0 Å². The highest BCUT2D eigenvalue weighted by Crippen LogP contribution is 2.23. The lowest BCUT2D eigenvalue weighted by atomic mass is 10.2. The van der Waals surface area contributed by atoms with Gasteiger partial charge in [0.1, 0.15) is 24.1 Å². The number of nitro benzene ring substituents is 1. The summed E-state index contributed by atoms with van der Waals surface area (Å²) in [4.78, 5) is 32.2. The van der Waals surface area contributed by atoms with Crippen LogP contribution in [0.25, 0.3) is 0 Å². The van der Waals surface area contributed by atoms with Crippen LogP contribution in [0.15, 0.2) is 30.5 Å². The van der Waals surface area contributed by atoms with Crippen LogP contribution in [0.3, 0.4) is 0 Å². The van der Waals surface area contributed by atoms with Crippen molar-refractivity contribution in [3.8, 4) is 0 Å². The van der Waals surface area contributed by atoms with E-state index in [9.17, 15) is 25.0 Å². The second-order valence-electron chi connectivity index (χ2n) is 4.38. The Labute approximate surface area is 123 Å². The van der Waals surface area contributed by atoms with Crippen LogP contribution in [0.1, 0.15) is 5.69 Å². The molecule has 0 aliphatic heterocycles. The van der Waals surface area contributed by atoms with Gasteiger partial charge in [0, 0.05) is 6.07 Å². The Morgan fingerprint density at radius 2 is 1.86 bits per heavy atom. The minimum absolute atomic E-state index is 0.0517. The first-order chi connectivity index (χ1) is 10.4. The molecule has 1 aromatic heterocycles. The van der Waals surface area contributed by atoms with E-state index in [-0.39, 0.29) is 29.3 Å². The molecule has 0 bridgehead atoms. The molecule has 1 N–H and O–H groups in total. The molecule has 1 amide bonds. The van der Waals surface area contributed by atoms with Gasteiger partial charge in [0.15, 0.2) is 0 Å². The van der Waals surface area contributed by atoms with Gasteiger partial charge in [0.25, 0.3) is 5.69 Å². The summed E-state index contributed by atoms with van der Waals surface area (Å²) in [5, 5.41) is 27.8. The van der Waals surface area contributed by atoms with E-state index in [1.165, 1.54) is 25.1 Å². The van der Waals surface area contributed by atoms with Crippen molar-refractivity contribution in [3.63, 3.8) is 0 Å². The molecule has 2 aromatic rings. The van der Waals surface area contributed by atoms with Crippen LogP contribution in [0.4, 0.5) is 17.1 Å². The standard InChI is InChI=1S/C12H11N5O5/c1-8-11(17(21)22)6-15(14-8)7-12(18)13-9-4-2-3-5-10(9)16(19)20/h2-6H,7H2,1H3,(H,13,18). The van der Waals surface area contributed by atoms with Crippen LogP contribution in [0.5, 0.6) is 0 Å². The topological polar surface area (TPSA) is 133 Å². The number of nitro groups is 2. The van der Waals surface area contributed by atoms with E-state index in [1.807, 2.05) is 0 Å². The summed E-state index contributed by atoms with van der Waals surface area (Å²) in [6, 6.07) is 5.69. The van der Waals surface area contributed by atoms with Crippen LogP contribution in [-0.4, -0.2) is 25.5 Å². The average molecular weight is 305 g/mol. The lowest BCUT2D eigenvalue weighted by molar-refractivity contribution is -0.385. The number of nitrogens with zero attached hydrogens (tertiary/aromatic N) is 4. The zero-order valence-corrected chi connectivity index (χ0v) is 11.4. The van der Waals surface area contributed by atoms with Crippen molar-refractivity contribution in [1.82, 2.24) is 9.78 Å². The number of anilines is 1. The SMILES string of the molecule is Cc1nn(CC(=O)Nc2ccccc2[N+](=O)[O-])cc1[N+](=O)[O-]. The number of benzene rings is 1. The van der Waals surface area contributed by atoms with E-state index in [0.717, 1.165) is 10.9 Å². The first-order valence-corrected chi connectivity index (χ1v) is 6.10. The van der Waals surface area contributed by atoms with E-state index >= 15 is 0 Å². The first kappa shape index (κ1) is 15.1. The summed E-state index contributed by atoms with van der Waals surface area (Å²) in [5.41, 5.74) is -0.198. The molecule has 0 atom stereocenters. The maximum absolute atomic E-state index is 11.9. The highest BCUT2D eigenvalue weighted by atomic mass is 16.6. The summed E-state index contributed by atoms with van der Waals surface area (Å²) in [6.07, 6.45) is 1.13. The van der Waals surface area contributed by atoms with E-state index in [1.54, 1.807) is 6.07 Å². The first-order valence-electron chi connectivity index (χ1n) is 6.10. The van der Waals surface area contributed by atoms with Crippen LogP contribution in [0, 0.1) is 27.2 Å². The van der Waals surface area contributed by atoms with Gasteiger partial charge in [-0.3, -0.25) is 29.7 Å². The van der Waals surface area contributed by atoms with Gasteiger partial charge in [0.2, 0.25) is 5.91 Å². The maximum Gasteiger partial charge on any atom is 0.309 e. The number of rotatable bonds is 5. The van der Waals surface area contributed by atoms with Gasteiger partial charge < -0.3 is 5.32 Å². The lowest BCUT2D eigenvalue weighted by Crippen LogP contribution is -2.19. The maximum atomic E-state index is 11.9. The van der Waals surface area contributed by atoms with Gasteiger partial charge in [-0.05, 0) is 13.0 Å². The Morgan fingerprint density at radius 3 is 2.45 bits per heavy atom. The number of carbonyl (C=O) groups is 1. The molecule has 0 spiro atoms. The van der Waals surface area contributed by atoms with E-state index in [2.05, 4.69) is 10.4 Å². The molecular formula is C12H11N5O5. The minimum atomic E-state index is -0.613. The smallest absolute Gasteiger partial charge is 0.309 e. The summed E-state index contributed by atoms with van der Waals surface area (Å²) < 4.78 is 1.11. The van der Waals surface area contributed by atoms with Crippen molar-refractivity contribution in [2.45, 2.75) is 13.5 Å². The molecule has 0 radical (unpaired) electrons. The zero-order valence-electron chi connectivity index (χ0n) is 11.4. The molecule has 1 aromatic carbocycles. The molecule has 1 heterocycles. The monoisotopic (exact) mass is 305 g/mol. The van der Waals surface area contributed by atoms with Gasteiger partial charge in [0.05, 0.1) is 9.85 Å². The molecule has 114 valence electrons. The Morgan fingerprint density at radius 1 is 1.23 bits per heavy atom. The third-order valence-electron chi connectivity index (χ3n) is 2.80. The number of nitrogens with one attached hydrogen (secondary N) is 1. The number of hydrogen-bond acceptors (Lipinski definition) is 6. The molecule has 0 aliphatic rings. The van der Waals surface area contributed by atoms with Crippen LogP contribution in [0.2, 0.25) is 0 Å². The average Bonchev–Trinajstić information content (AvgIpc) is 2.79. The summed E-state index contributed by atoms with van der Waals surface area (Å²) >= 11 is 0. The van der Waals surface area contributed by atoms with Crippen LogP contribution in [-0.2, 0) is 11.3 Å². The Balaban J connectivity index is 2.13. The third-order valence-corrected chi connectivity index (χ3v) is 2.80. The van der Waals surface area contributed by atoms with Gasteiger partial charge in [-0.2, -0.15) is 5.10 Å². The zero-order chi connectivity index (χ0) is 16.3. The second kappa shape index (κ2) is 5.99. The molecule has 22 heavy (non-hydrogen) atoms. The fourth-order valence-corrected chi connectivity index (χ4v) is 1.84. The van der Waals surface area contributed by atoms with Gasteiger partial charge in [-0.25, -0.2) is 0 Å². The Bertz CT molecular complexity index is 754. The highest BCUT2D eigenvalue weighted by Gasteiger charge is 2.18. The summed E-state index contributed by atoms with van der Waals surface area (Å²) in [7, 11) is 0. The van der Waals surface area contributed by atoms with Crippen LogP contribution < -0.4 is 5.32 Å². The highest BCUT2D eigenvalue weighted by molar-refractivity contribution is 5.92. The molecule has 0 saturated heterocycles. The number of hydrogen-bond donors (Lipinski definition) is 1. The third kappa shape index (κ3) is 3.23. The predicted octanol–water partition coefficient (Wildman–Crippen LogP) is 1.65. The van der Waals surface area contributed by atoms with Crippen molar-refractivity contribution in [1.29, 1.82) is 0 Å². The molecule has 0 saturated carbocycles. The number of carbonyl (C=O) groups excluding carboxylic acids is 1. The van der Waals surface area contributed by atoms with Gasteiger partial charge >= 0.3 is 5.69 Å². The number of amides is 1. The van der Waals surface area contributed by atoms with Gasteiger partial charge in [-0.1, -0.05) is 12.1 Å². The lowest BCUT2D eigenvalue weighted by Gasteiger charge is -2.05. The van der Waals surface area contributed by atoms with Crippen molar-refractivity contribution in [2.75, 3.05) is 5.32 Å². The van der Waals surface area contributed by atoms with Crippen molar-refractivity contribution < 1.29 is 14.6 Å². The Kier molecular flexibility index (Phi) is 4.11. The number of para-hydroxylation sites is 2. The van der Waals surface area contributed by atoms with Crippen molar-refractivity contribution in [3.05, 3.63) is 56.4 Å². The quantitative estimate of drug-likeness (QED) is 0.659. The minimum Gasteiger partial charge on any atom is -0.319 e. The van der Waals surface area contributed by atoms with Crippen molar-refractivity contribution >= 4 is 23.0 Å². The fourth-order valence-electron chi connectivity index (χ4n) is 1.84. The summed E-state index contributed by atoms with van der Waals surface area (Å²) in [5.74, 6) is -0.577. The summed E-state index contributed by atoms with van der Waals surface area (Å²) in [6.45, 7) is 1.16. The molecule has 0 unspecified atom stereocenters. The predicted molar refractivity (Wildman–Crippen MR) is 75.3 cm³/mol. The molecule has 0 fully saturated rings. The molecule has 2 rings (SSSR count). The van der Waals surface area contributed by atoms with E-state index in [0.29, 0.717) is 0 Å². The molecule has 0 aliphatic carbocycles. The number of aromatic nitrogens is 2. The largest absolute Gasteiger partial charge is 0.319 e. The van der Waals surface area contributed by atoms with Crippen LogP contribution >= 0.6 is 0 Å². The molecule has 10 heteroatoms. The molecular weight excluding hydrogens is 294 g/mol. The van der Waals surface area contributed by atoms with Crippen molar-refractivity contribution in [2.24, 2.45) is 0 Å². The normalized spacial score (nSPS) is 10.2. The van der Waals surface area contributed by atoms with E-state index in [4.69, 9.17) is 0 Å². The van der Waals surface area contributed by atoms with E-state index < -0.39 is 15.8 Å².